The minimum absolute atomic E-state index is 0.0851. The Bertz CT molecular complexity index is 430. The van der Waals surface area contributed by atoms with Crippen molar-refractivity contribution in [3.63, 3.8) is 0 Å². The molecule has 4 heteroatoms. The Hall–Kier alpha value is -1.55. The molecular weight excluding hydrogens is 240 g/mol. The minimum atomic E-state index is -0.838. The van der Waals surface area contributed by atoms with Crippen LogP contribution in [0.15, 0.2) is 24.3 Å². The van der Waals surface area contributed by atoms with Crippen molar-refractivity contribution in [1.82, 2.24) is 5.32 Å². The van der Waals surface area contributed by atoms with Crippen LogP contribution in [0.1, 0.15) is 45.2 Å². The SMILES string of the molecule is CCC(NC(=O)C(C)(N)CC)c1ccccc1OC. The lowest BCUT2D eigenvalue weighted by Crippen LogP contribution is -2.51. The lowest BCUT2D eigenvalue weighted by atomic mass is 9.97. The molecule has 0 radical (unpaired) electrons. The summed E-state index contributed by atoms with van der Waals surface area (Å²) >= 11 is 0. The predicted molar refractivity (Wildman–Crippen MR) is 77.1 cm³/mol. The number of nitrogens with two attached hydrogens (primary N) is 1. The Balaban J connectivity index is 2.93. The summed E-state index contributed by atoms with van der Waals surface area (Å²) in [4.78, 5) is 12.2. The van der Waals surface area contributed by atoms with Crippen molar-refractivity contribution in [3.05, 3.63) is 29.8 Å². The number of methoxy groups -OCH3 is 1. The molecule has 2 atom stereocenters. The molecule has 0 aliphatic carbocycles. The number of ether oxygens (including phenoxy) is 1. The summed E-state index contributed by atoms with van der Waals surface area (Å²) in [5.74, 6) is 0.651. The number of para-hydroxylation sites is 1. The maximum Gasteiger partial charge on any atom is 0.240 e. The number of benzene rings is 1. The van der Waals surface area contributed by atoms with Crippen molar-refractivity contribution < 1.29 is 9.53 Å². The first-order valence-electron chi connectivity index (χ1n) is 6.69. The Labute approximate surface area is 115 Å². The summed E-state index contributed by atoms with van der Waals surface area (Å²) in [6.45, 7) is 5.68. The van der Waals surface area contributed by atoms with Crippen molar-refractivity contribution in [2.24, 2.45) is 5.73 Å². The molecule has 0 spiro atoms. The van der Waals surface area contributed by atoms with Crippen LogP contribution in [0.4, 0.5) is 0 Å². The van der Waals surface area contributed by atoms with Crippen molar-refractivity contribution in [2.45, 2.75) is 45.2 Å². The van der Waals surface area contributed by atoms with Gasteiger partial charge in [-0.1, -0.05) is 32.0 Å². The van der Waals surface area contributed by atoms with Crippen LogP contribution < -0.4 is 15.8 Å². The van der Waals surface area contributed by atoms with E-state index in [4.69, 9.17) is 10.5 Å². The molecule has 0 saturated carbocycles. The Morgan fingerprint density at radius 2 is 2.05 bits per heavy atom. The first-order valence-corrected chi connectivity index (χ1v) is 6.69. The van der Waals surface area contributed by atoms with Gasteiger partial charge >= 0.3 is 0 Å². The Kier molecular flexibility index (Phi) is 5.36. The van der Waals surface area contributed by atoms with Crippen LogP contribution in [0.2, 0.25) is 0 Å². The summed E-state index contributed by atoms with van der Waals surface area (Å²) in [6.07, 6.45) is 1.38. The number of hydrogen-bond donors (Lipinski definition) is 2. The molecule has 2 unspecified atom stereocenters. The summed E-state index contributed by atoms with van der Waals surface area (Å²) in [7, 11) is 1.63. The van der Waals surface area contributed by atoms with Gasteiger partial charge in [-0.15, -0.1) is 0 Å². The van der Waals surface area contributed by atoms with Gasteiger partial charge in [-0.05, 0) is 25.8 Å². The van der Waals surface area contributed by atoms with Gasteiger partial charge in [0.05, 0.1) is 18.7 Å². The Morgan fingerprint density at radius 1 is 1.42 bits per heavy atom. The number of rotatable bonds is 6. The third-order valence-electron chi connectivity index (χ3n) is 3.48. The van der Waals surface area contributed by atoms with Crippen molar-refractivity contribution >= 4 is 5.91 Å². The average molecular weight is 264 g/mol. The van der Waals surface area contributed by atoms with Gasteiger partial charge in [-0.2, -0.15) is 0 Å². The molecular formula is C15H24N2O2. The zero-order chi connectivity index (χ0) is 14.5. The zero-order valence-corrected chi connectivity index (χ0v) is 12.2. The molecule has 1 rings (SSSR count). The van der Waals surface area contributed by atoms with E-state index in [2.05, 4.69) is 5.32 Å². The van der Waals surface area contributed by atoms with Crippen LogP contribution in [0.5, 0.6) is 5.75 Å². The van der Waals surface area contributed by atoms with E-state index in [1.165, 1.54) is 0 Å². The predicted octanol–water partition coefficient (Wildman–Crippen LogP) is 2.39. The maximum absolute atomic E-state index is 12.2. The summed E-state index contributed by atoms with van der Waals surface area (Å²) in [5, 5.41) is 3.00. The minimum Gasteiger partial charge on any atom is -0.496 e. The van der Waals surface area contributed by atoms with E-state index < -0.39 is 5.54 Å². The standard InChI is InChI=1S/C15H24N2O2/c1-5-12(17-14(18)15(3,16)6-2)11-9-7-8-10-13(11)19-4/h7-10,12H,5-6,16H2,1-4H3,(H,17,18). The summed E-state index contributed by atoms with van der Waals surface area (Å²) in [6, 6.07) is 7.63. The Morgan fingerprint density at radius 3 is 2.58 bits per heavy atom. The molecule has 0 aromatic heterocycles. The normalized spacial score (nSPS) is 15.4. The topological polar surface area (TPSA) is 64.4 Å². The number of nitrogens with one attached hydrogen (secondary N) is 1. The van der Waals surface area contributed by atoms with Gasteiger partial charge in [0.1, 0.15) is 5.75 Å². The number of carbonyl (C=O) groups excluding carboxylic acids is 1. The second-order valence-corrected chi connectivity index (χ2v) is 4.95. The molecule has 0 aliphatic rings. The number of carbonyl (C=O) groups is 1. The highest BCUT2D eigenvalue weighted by Gasteiger charge is 2.28. The molecule has 0 fully saturated rings. The third-order valence-corrected chi connectivity index (χ3v) is 3.48. The van der Waals surface area contributed by atoms with E-state index in [9.17, 15) is 4.79 Å². The largest absolute Gasteiger partial charge is 0.496 e. The molecule has 1 aromatic rings. The lowest BCUT2D eigenvalue weighted by molar-refractivity contribution is -0.126. The van der Waals surface area contributed by atoms with Crippen LogP contribution in [0.25, 0.3) is 0 Å². The monoisotopic (exact) mass is 264 g/mol. The first kappa shape index (κ1) is 15.5. The molecule has 4 nitrogen and oxygen atoms in total. The van der Waals surface area contributed by atoms with Gasteiger partial charge in [0.25, 0.3) is 0 Å². The highest BCUT2D eigenvalue weighted by Crippen LogP contribution is 2.27. The van der Waals surface area contributed by atoms with Gasteiger partial charge in [-0.25, -0.2) is 0 Å². The smallest absolute Gasteiger partial charge is 0.240 e. The molecule has 0 saturated heterocycles. The third kappa shape index (κ3) is 3.70. The van der Waals surface area contributed by atoms with E-state index in [0.717, 1.165) is 17.7 Å². The van der Waals surface area contributed by atoms with Crippen molar-refractivity contribution in [3.8, 4) is 5.75 Å². The van der Waals surface area contributed by atoms with E-state index in [0.29, 0.717) is 6.42 Å². The van der Waals surface area contributed by atoms with Crippen LogP contribution in [-0.4, -0.2) is 18.6 Å². The van der Waals surface area contributed by atoms with E-state index >= 15 is 0 Å². The molecule has 19 heavy (non-hydrogen) atoms. The van der Waals surface area contributed by atoms with Crippen LogP contribution in [-0.2, 0) is 4.79 Å². The molecule has 0 bridgehead atoms. The van der Waals surface area contributed by atoms with Crippen molar-refractivity contribution in [1.29, 1.82) is 0 Å². The molecule has 1 aromatic carbocycles. The molecule has 106 valence electrons. The first-order chi connectivity index (χ1) is 8.96. The van der Waals surface area contributed by atoms with Crippen LogP contribution in [0.3, 0.4) is 0 Å². The fourth-order valence-electron chi connectivity index (χ4n) is 1.84. The fraction of sp³-hybridized carbons (Fsp3) is 0.533. The molecule has 0 heterocycles. The molecule has 3 N–H and O–H groups in total. The average Bonchev–Trinajstić information content (AvgIpc) is 2.44. The second-order valence-electron chi connectivity index (χ2n) is 4.95. The second kappa shape index (κ2) is 6.57. The highest BCUT2D eigenvalue weighted by atomic mass is 16.5. The van der Waals surface area contributed by atoms with Gasteiger partial charge in [-0.3, -0.25) is 4.79 Å². The molecule has 1 amide bonds. The quantitative estimate of drug-likeness (QED) is 0.829. The number of amides is 1. The highest BCUT2D eigenvalue weighted by molar-refractivity contribution is 5.85. The fourth-order valence-corrected chi connectivity index (χ4v) is 1.84. The van der Waals surface area contributed by atoms with Gasteiger partial charge in [0.2, 0.25) is 5.91 Å². The van der Waals surface area contributed by atoms with Gasteiger partial charge < -0.3 is 15.8 Å². The van der Waals surface area contributed by atoms with Gasteiger partial charge in [0.15, 0.2) is 0 Å². The van der Waals surface area contributed by atoms with Crippen LogP contribution >= 0.6 is 0 Å². The van der Waals surface area contributed by atoms with E-state index in [1.54, 1.807) is 14.0 Å². The summed E-state index contributed by atoms with van der Waals surface area (Å²) in [5.41, 5.74) is 6.11. The van der Waals surface area contributed by atoms with Crippen LogP contribution in [0, 0.1) is 0 Å². The van der Waals surface area contributed by atoms with Gasteiger partial charge in [0, 0.05) is 5.56 Å². The lowest BCUT2D eigenvalue weighted by Gasteiger charge is -2.26. The zero-order valence-electron chi connectivity index (χ0n) is 12.2. The van der Waals surface area contributed by atoms with Crippen molar-refractivity contribution in [2.75, 3.05) is 7.11 Å². The molecule has 0 aliphatic heterocycles. The van der Waals surface area contributed by atoms with E-state index in [-0.39, 0.29) is 11.9 Å². The summed E-state index contributed by atoms with van der Waals surface area (Å²) < 4.78 is 5.34. The number of hydrogen-bond acceptors (Lipinski definition) is 3. The maximum atomic E-state index is 12.2. The van der Waals surface area contributed by atoms with E-state index in [1.807, 2.05) is 38.1 Å².